The molecule has 0 aromatic heterocycles. The molecule has 0 bridgehead atoms. The van der Waals surface area contributed by atoms with Crippen molar-refractivity contribution in [1.29, 1.82) is 0 Å². The lowest BCUT2D eigenvalue weighted by Gasteiger charge is -2.13. The Morgan fingerprint density at radius 2 is 1.38 bits per heavy atom. The number of carbonyl (C=O) groups excluding carboxylic acids is 1. The molecular formula is C23H31NO5. The standard InChI is InChI=1S/C23H31NO5/c1-5-28-20-11-8-18(16-22(20)29-6-2)13-14-24-23(25)12-9-17-7-10-19(26-3)21(15-17)27-4/h7-8,10-11,15-16H,5-6,9,12-14H2,1-4H3,(H,24,25). The summed E-state index contributed by atoms with van der Waals surface area (Å²) < 4.78 is 21.8. The Balaban J connectivity index is 1.81. The molecule has 0 aliphatic carbocycles. The van der Waals surface area contributed by atoms with Crippen molar-refractivity contribution in [3.8, 4) is 23.0 Å². The van der Waals surface area contributed by atoms with E-state index in [2.05, 4.69) is 5.32 Å². The van der Waals surface area contributed by atoms with Gasteiger partial charge in [0, 0.05) is 13.0 Å². The van der Waals surface area contributed by atoms with Gasteiger partial charge in [-0.15, -0.1) is 0 Å². The van der Waals surface area contributed by atoms with Gasteiger partial charge in [-0.1, -0.05) is 12.1 Å². The van der Waals surface area contributed by atoms with Crippen LogP contribution in [0.4, 0.5) is 0 Å². The smallest absolute Gasteiger partial charge is 0.220 e. The molecule has 0 unspecified atom stereocenters. The lowest BCUT2D eigenvalue weighted by molar-refractivity contribution is -0.121. The predicted molar refractivity (Wildman–Crippen MR) is 113 cm³/mol. The van der Waals surface area contributed by atoms with Gasteiger partial charge in [0.1, 0.15) is 0 Å². The monoisotopic (exact) mass is 401 g/mol. The fourth-order valence-electron chi connectivity index (χ4n) is 2.98. The number of benzene rings is 2. The Morgan fingerprint density at radius 3 is 2.03 bits per heavy atom. The normalized spacial score (nSPS) is 10.3. The highest BCUT2D eigenvalue weighted by atomic mass is 16.5. The zero-order chi connectivity index (χ0) is 21.1. The van der Waals surface area contributed by atoms with E-state index in [1.165, 1.54) is 0 Å². The molecule has 0 radical (unpaired) electrons. The van der Waals surface area contributed by atoms with Crippen molar-refractivity contribution in [2.24, 2.45) is 0 Å². The van der Waals surface area contributed by atoms with Crippen LogP contribution in [0.5, 0.6) is 23.0 Å². The van der Waals surface area contributed by atoms with Gasteiger partial charge < -0.3 is 24.3 Å². The first-order valence-electron chi connectivity index (χ1n) is 9.97. The van der Waals surface area contributed by atoms with Gasteiger partial charge in [0.05, 0.1) is 27.4 Å². The van der Waals surface area contributed by atoms with Crippen LogP contribution in [0, 0.1) is 0 Å². The van der Waals surface area contributed by atoms with Crippen LogP contribution in [-0.4, -0.2) is 39.9 Å². The molecule has 0 fully saturated rings. The minimum Gasteiger partial charge on any atom is -0.493 e. The van der Waals surface area contributed by atoms with E-state index in [-0.39, 0.29) is 5.91 Å². The van der Waals surface area contributed by atoms with Crippen LogP contribution in [0.3, 0.4) is 0 Å². The number of hydrogen-bond donors (Lipinski definition) is 1. The van der Waals surface area contributed by atoms with Crippen molar-refractivity contribution < 1.29 is 23.7 Å². The highest BCUT2D eigenvalue weighted by Crippen LogP contribution is 2.29. The van der Waals surface area contributed by atoms with Gasteiger partial charge in [-0.3, -0.25) is 4.79 Å². The molecule has 1 amide bonds. The van der Waals surface area contributed by atoms with Crippen LogP contribution in [0.1, 0.15) is 31.4 Å². The lowest BCUT2D eigenvalue weighted by atomic mass is 10.1. The van der Waals surface area contributed by atoms with Gasteiger partial charge >= 0.3 is 0 Å². The van der Waals surface area contributed by atoms with Crippen LogP contribution in [0.15, 0.2) is 36.4 Å². The van der Waals surface area contributed by atoms with E-state index in [1.807, 2.05) is 50.2 Å². The van der Waals surface area contributed by atoms with Gasteiger partial charge in [-0.2, -0.15) is 0 Å². The van der Waals surface area contributed by atoms with E-state index in [9.17, 15) is 4.79 Å². The molecule has 0 aliphatic rings. The summed E-state index contributed by atoms with van der Waals surface area (Å²) >= 11 is 0. The van der Waals surface area contributed by atoms with Gasteiger partial charge in [0.2, 0.25) is 5.91 Å². The Bertz CT molecular complexity index is 791. The highest BCUT2D eigenvalue weighted by molar-refractivity contribution is 5.76. The number of rotatable bonds is 12. The number of carbonyl (C=O) groups is 1. The summed E-state index contributed by atoms with van der Waals surface area (Å²) in [5.41, 5.74) is 2.13. The van der Waals surface area contributed by atoms with Crippen LogP contribution < -0.4 is 24.3 Å². The quantitative estimate of drug-likeness (QED) is 0.586. The molecule has 2 aromatic rings. The van der Waals surface area contributed by atoms with Gasteiger partial charge in [-0.25, -0.2) is 0 Å². The molecule has 0 saturated heterocycles. The number of methoxy groups -OCH3 is 2. The molecule has 29 heavy (non-hydrogen) atoms. The Morgan fingerprint density at radius 1 is 0.793 bits per heavy atom. The fraction of sp³-hybridized carbons (Fsp3) is 0.435. The average Bonchev–Trinajstić information content (AvgIpc) is 2.74. The first-order valence-corrected chi connectivity index (χ1v) is 9.97. The van der Waals surface area contributed by atoms with E-state index in [4.69, 9.17) is 18.9 Å². The number of aryl methyl sites for hydroxylation is 1. The summed E-state index contributed by atoms with van der Waals surface area (Å²) in [7, 11) is 3.21. The van der Waals surface area contributed by atoms with Gasteiger partial charge in [-0.05, 0) is 62.1 Å². The highest BCUT2D eigenvalue weighted by Gasteiger charge is 2.09. The third-order valence-electron chi connectivity index (χ3n) is 4.43. The maximum atomic E-state index is 12.2. The molecule has 6 heteroatoms. The zero-order valence-electron chi connectivity index (χ0n) is 17.7. The number of hydrogen-bond acceptors (Lipinski definition) is 5. The van der Waals surface area contributed by atoms with Crippen molar-refractivity contribution in [2.45, 2.75) is 33.1 Å². The second-order valence-corrected chi connectivity index (χ2v) is 6.44. The van der Waals surface area contributed by atoms with Crippen molar-refractivity contribution in [3.63, 3.8) is 0 Å². The first kappa shape index (κ1) is 22.4. The summed E-state index contributed by atoms with van der Waals surface area (Å²) in [6, 6.07) is 11.6. The molecule has 0 heterocycles. The minimum atomic E-state index is 0.0238. The topological polar surface area (TPSA) is 66.0 Å². The molecular weight excluding hydrogens is 370 g/mol. The first-order chi connectivity index (χ1) is 14.1. The predicted octanol–water partition coefficient (Wildman–Crippen LogP) is 3.79. The fourth-order valence-corrected chi connectivity index (χ4v) is 2.98. The average molecular weight is 402 g/mol. The van der Waals surface area contributed by atoms with Crippen molar-refractivity contribution >= 4 is 5.91 Å². The Hall–Kier alpha value is -2.89. The molecule has 0 atom stereocenters. The summed E-state index contributed by atoms with van der Waals surface area (Å²) in [5.74, 6) is 2.87. The van der Waals surface area contributed by atoms with Crippen LogP contribution >= 0.6 is 0 Å². The summed E-state index contributed by atoms with van der Waals surface area (Å²) in [4.78, 5) is 12.2. The maximum absolute atomic E-state index is 12.2. The molecule has 2 rings (SSSR count). The number of nitrogens with one attached hydrogen (secondary N) is 1. The van der Waals surface area contributed by atoms with Gasteiger partial charge in [0.25, 0.3) is 0 Å². The molecule has 158 valence electrons. The number of ether oxygens (including phenoxy) is 4. The SMILES string of the molecule is CCOc1ccc(CCNC(=O)CCc2ccc(OC)c(OC)c2)cc1OCC. The molecule has 2 aromatic carbocycles. The molecule has 0 aliphatic heterocycles. The third kappa shape index (κ3) is 6.89. The van der Waals surface area contributed by atoms with E-state index in [0.29, 0.717) is 44.1 Å². The maximum Gasteiger partial charge on any atom is 0.220 e. The second-order valence-electron chi connectivity index (χ2n) is 6.44. The van der Waals surface area contributed by atoms with Crippen molar-refractivity contribution in [1.82, 2.24) is 5.32 Å². The molecule has 0 saturated carbocycles. The van der Waals surface area contributed by atoms with Crippen molar-refractivity contribution in [2.75, 3.05) is 34.0 Å². The molecule has 0 spiro atoms. The van der Waals surface area contributed by atoms with E-state index in [0.717, 1.165) is 29.0 Å². The van der Waals surface area contributed by atoms with E-state index < -0.39 is 0 Å². The van der Waals surface area contributed by atoms with Crippen LogP contribution in [0.2, 0.25) is 0 Å². The van der Waals surface area contributed by atoms with E-state index in [1.54, 1.807) is 14.2 Å². The Labute approximate surface area is 173 Å². The molecule has 1 N–H and O–H groups in total. The second kappa shape index (κ2) is 11.8. The van der Waals surface area contributed by atoms with E-state index >= 15 is 0 Å². The summed E-state index contributed by atoms with van der Waals surface area (Å²) in [6.07, 6.45) is 1.79. The molecule has 6 nitrogen and oxygen atoms in total. The third-order valence-corrected chi connectivity index (χ3v) is 4.43. The summed E-state index contributed by atoms with van der Waals surface area (Å²) in [6.45, 7) is 5.64. The minimum absolute atomic E-state index is 0.0238. The number of amides is 1. The zero-order valence-corrected chi connectivity index (χ0v) is 17.7. The van der Waals surface area contributed by atoms with Crippen LogP contribution in [0.25, 0.3) is 0 Å². The summed E-state index contributed by atoms with van der Waals surface area (Å²) in [5, 5.41) is 2.98. The lowest BCUT2D eigenvalue weighted by Crippen LogP contribution is -2.25. The van der Waals surface area contributed by atoms with Crippen molar-refractivity contribution in [3.05, 3.63) is 47.5 Å². The van der Waals surface area contributed by atoms with Crippen LogP contribution in [-0.2, 0) is 17.6 Å². The van der Waals surface area contributed by atoms with Gasteiger partial charge in [0.15, 0.2) is 23.0 Å². The Kier molecular flexibility index (Phi) is 9.15. The largest absolute Gasteiger partial charge is 0.493 e.